The maximum Gasteiger partial charge on any atom is 0.257 e. The minimum atomic E-state index is -0.375. The van der Waals surface area contributed by atoms with Crippen molar-refractivity contribution in [2.75, 3.05) is 11.1 Å². The normalized spacial score (nSPS) is 10.3. The van der Waals surface area contributed by atoms with Crippen molar-refractivity contribution >= 4 is 52.5 Å². The van der Waals surface area contributed by atoms with Gasteiger partial charge in [-0.15, -0.1) is 11.8 Å². The third-order valence-corrected chi connectivity index (χ3v) is 4.25. The van der Waals surface area contributed by atoms with Crippen molar-refractivity contribution in [2.45, 2.75) is 4.90 Å². The molecule has 0 spiro atoms. The third kappa shape index (κ3) is 4.66. The molecule has 0 heterocycles. The van der Waals surface area contributed by atoms with E-state index in [0.717, 1.165) is 4.90 Å². The van der Waals surface area contributed by atoms with Gasteiger partial charge in [-0.25, -0.2) is 0 Å². The highest BCUT2D eigenvalue weighted by atomic mass is 35.5. The Hall–Kier alpha value is -1.69. The van der Waals surface area contributed by atoms with Crippen molar-refractivity contribution in [2.24, 2.45) is 5.73 Å². The van der Waals surface area contributed by atoms with Crippen LogP contribution in [0, 0.1) is 0 Å². The van der Waals surface area contributed by atoms with Crippen LogP contribution in [0.25, 0.3) is 0 Å². The summed E-state index contributed by atoms with van der Waals surface area (Å²) in [6.45, 7) is 0. The summed E-state index contributed by atoms with van der Waals surface area (Å²) in [6, 6.07) is 11.8. The number of anilines is 1. The Morgan fingerprint density at radius 1 is 1.09 bits per heavy atom. The highest BCUT2D eigenvalue weighted by molar-refractivity contribution is 8.00. The van der Waals surface area contributed by atoms with Gasteiger partial charge in [0.15, 0.2) is 0 Å². The van der Waals surface area contributed by atoms with Gasteiger partial charge in [-0.3, -0.25) is 9.59 Å². The summed E-state index contributed by atoms with van der Waals surface area (Å²) >= 11 is 13.1. The fraction of sp³-hybridized carbons (Fsp3) is 0.0667. The molecular weight excluding hydrogens is 343 g/mol. The molecule has 0 aliphatic heterocycles. The summed E-state index contributed by atoms with van der Waals surface area (Å²) in [5.41, 5.74) is 6.06. The van der Waals surface area contributed by atoms with Crippen LogP contribution in [0.5, 0.6) is 0 Å². The van der Waals surface area contributed by atoms with Crippen LogP contribution in [0.15, 0.2) is 47.4 Å². The lowest BCUT2D eigenvalue weighted by Crippen LogP contribution is -2.13. The lowest BCUT2D eigenvalue weighted by atomic mass is 10.2. The quantitative estimate of drug-likeness (QED) is 0.801. The van der Waals surface area contributed by atoms with E-state index in [1.807, 2.05) is 0 Å². The number of carbonyl (C=O) groups excluding carboxylic acids is 2. The predicted octanol–water partition coefficient (Wildman–Crippen LogP) is 3.82. The number of primary amides is 1. The second-order valence-electron chi connectivity index (χ2n) is 4.36. The van der Waals surface area contributed by atoms with Crippen LogP contribution < -0.4 is 11.1 Å². The summed E-state index contributed by atoms with van der Waals surface area (Å²) in [6.07, 6.45) is 0. The predicted molar refractivity (Wildman–Crippen MR) is 90.8 cm³/mol. The fourth-order valence-corrected chi connectivity index (χ4v) is 2.79. The maximum atomic E-state index is 12.1. The van der Waals surface area contributed by atoms with Gasteiger partial charge in [0.2, 0.25) is 5.91 Å². The standard InChI is InChI=1S/C15H12Cl2N2O2S/c16-9-1-6-12(13(17)7-9)15(21)19-10-2-4-11(5-3-10)22-8-14(18)20/h1-7H,8H2,(H2,18,20)(H,19,21). The molecular formula is C15H12Cl2N2O2S. The molecule has 2 aromatic rings. The molecule has 0 radical (unpaired) electrons. The number of halogens is 2. The number of amides is 2. The number of thioether (sulfide) groups is 1. The first-order valence-corrected chi connectivity index (χ1v) is 7.97. The minimum Gasteiger partial charge on any atom is -0.369 e. The number of nitrogens with one attached hydrogen (secondary N) is 1. The van der Waals surface area contributed by atoms with E-state index in [4.69, 9.17) is 28.9 Å². The van der Waals surface area contributed by atoms with Gasteiger partial charge in [0, 0.05) is 15.6 Å². The zero-order valence-corrected chi connectivity index (χ0v) is 13.6. The lowest BCUT2D eigenvalue weighted by molar-refractivity contribution is -0.115. The molecule has 114 valence electrons. The molecule has 22 heavy (non-hydrogen) atoms. The van der Waals surface area contributed by atoms with Crippen molar-refractivity contribution in [3.05, 3.63) is 58.1 Å². The Morgan fingerprint density at radius 3 is 2.36 bits per heavy atom. The first-order valence-electron chi connectivity index (χ1n) is 6.23. The summed E-state index contributed by atoms with van der Waals surface area (Å²) in [7, 11) is 0. The zero-order valence-electron chi connectivity index (χ0n) is 11.3. The molecule has 0 aromatic heterocycles. The van der Waals surface area contributed by atoms with Crippen LogP contribution in [0.2, 0.25) is 10.0 Å². The molecule has 0 saturated carbocycles. The number of nitrogens with two attached hydrogens (primary N) is 1. The molecule has 0 atom stereocenters. The SMILES string of the molecule is NC(=O)CSc1ccc(NC(=O)c2ccc(Cl)cc2Cl)cc1. The Labute approximate surface area is 142 Å². The van der Waals surface area contributed by atoms with E-state index in [9.17, 15) is 9.59 Å². The number of hydrogen-bond acceptors (Lipinski definition) is 3. The third-order valence-electron chi connectivity index (χ3n) is 2.67. The van der Waals surface area contributed by atoms with E-state index in [0.29, 0.717) is 21.3 Å². The summed E-state index contributed by atoms with van der Waals surface area (Å²) < 4.78 is 0. The summed E-state index contributed by atoms with van der Waals surface area (Å²) in [5, 5.41) is 3.50. The molecule has 3 N–H and O–H groups in total. The van der Waals surface area contributed by atoms with Crippen LogP contribution >= 0.6 is 35.0 Å². The van der Waals surface area contributed by atoms with Gasteiger partial charge in [0.05, 0.1) is 16.3 Å². The van der Waals surface area contributed by atoms with Gasteiger partial charge in [-0.1, -0.05) is 23.2 Å². The fourth-order valence-electron chi connectivity index (χ4n) is 1.66. The second kappa shape index (κ2) is 7.54. The van der Waals surface area contributed by atoms with E-state index >= 15 is 0 Å². The number of hydrogen-bond donors (Lipinski definition) is 2. The van der Waals surface area contributed by atoms with Gasteiger partial charge in [0.25, 0.3) is 5.91 Å². The molecule has 2 aromatic carbocycles. The van der Waals surface area contributed by atoms with Gasteiger partial charge in [-0.2, -0.15) is 0 Å². The molecule has 2 amide bonds. The summed E-state index contributed by atoms with van der Waals surface area (Å²) in [5.74, 6) is -0.481. The topological polar surface area (TPSA) is 72.2 Å². The lowest BCUT2D eigenvalue weighted by Gasteiger charge is -2.08. The van der Waals surface area contributed by atoms with Crippen LogP contribution in [0.1, 0.15) is 10.4 Å². The average molecular weight is 355 g/mol. The van der Waals surface area contributed by atoms with E-state index in [1.165, 1.54) is 17.8 Å². The zero-order chi connectivity index (χ0) is 16.1. The Kier molecular flexibility index (Phi) is 5.71. The molecule has 0 fully saturated rings. The number of carbonyl (C=O) groups is 2. The summed E-state index contributed by atoms with van der Waals surface area (Å²) in [4.78, 5) is 23.8. The van der Waals surface area contributed by atoms with Crippen molar-refractivity contribution in [3.8, 4) is 0 Å². The molecule has 0 unspecified atom stereocenters. The van der Waals surface area contributed by atoms with Crippen LogP contribution in [-0.4, -0.2) is 17.6 Å². The molecule has 0 aliphatic carbocycles. The Bertz CT molecular complexity index is 705. The minimum absolute atomic E-state index is 0.214. The molecule has 7 heteroatoms. The smallest absolute Gasteiger partial charge is 0.257 e. The molecule has 0 aliphatic rings. The molecule has 4 nitrogen and oxygen atoms in total. The van der Waals surface area contributed by atoms with Gasteiger partial charge >= 0.3 is 0 Å². The Balaban J connectivity index is 2.04. The maximum absolute atomic E-state index is 12.1. The molecule has 2 rings (SSSR count). The van der Waals surface area contributed by atoms with E-state index < -0.39 is 0 Å². The van der Waals surface area contributed by atoms with Gasteiger partial charge in [0.1, 0.15) is 0 Å². The van der Waals surface area contributed by atoms with Crippen LogP contribution in [0.3, 0.4) is 0 Å². The van der Waals surface area contributed by atoms with E-state index in [2.05, 4.69) is 5.32 Å². The van der Waals surface area contributed by atoms with Crippen molar-refractivity contribution in [1.82, 2.24) is 0 Å². The van der Waals surface area contributed by atoms with Crippen molar-refractivity contribution < 1.29 is 9.59 Å². The van der Waals surface area contributed by atoms with Crippen LogP contribution in [0.4, 0.5) is 5.69 Å². The van der Waals surface area contributed by atoms with Gasteiger partial charge in [-0.05, 0) is 42.5 Å². The Morgan fingerprint density at radius 2 is 1.77 bits per heavy atom. The largest absolute Gasteiger partial charge is 0.369 e. The average Bonchev–Trinajstić information content (AvgIpc) is 2.46. The number of benzene rings is 2. The van der Waals surface area contributed by atoms with Gasteiger partial charge < -0.3 is 11.1 Å². The first-order chi connectivity index (χ1) is 10.5. The monoisotopic (exact) mass is 354 g/mol. The molecule has 0 saturated heterocycles. The molecule has 0 bridgehead atoms. The highest BCUT2D eigenvalue weighted by Gasteiger charge is 2.11. The first kappa shape index (κ1) is 16.7. The second-order valence-corrected chi connectivity index (χ2v) is 6.25. The highest BCUT2D eigenvalue weighted by Crippen LogP contribution is 2.23. The van der Waals surface area contributed by atoms with Crippen LogP contribution in [-0.2, 0) is 4.79 Å². The van der Waals surface area contributed by atoms with Crippen molar-refractivity contribution in [3.63, 3.8) is 0 Å². The van der Waals surface area contributed by atoms with Crippen molar-refractivity contribution in [1.29, 1.82) is 0 Å². The number of rotatable bonds is 5. The van der Waals surface area contributed by atoms with E-state index in [1.54, 1.807) is 36.4 Å². The van der Waals surface area contributed by atoms with E-state index in [-0.39, 0.29) is 17.6 Å².